The molecule has 0 aromatic heterocycles. The maximum absolute atomic E-state index is 5.71. The zero-order chi connectivity index (χ0) is 11.6. The molecule has 1 saturated heterocycles. The second-order valence-corrected chi connectivity index (χ2v) is 4.35. The molecule has 0 saturated carbocycles. The van der Waals surface area contributed by atoms with Crippen molar-refractivity contribution in [3.8, 4) is 0 Å². The molecule has 0 aromatic rings. The molecule has 0 radical (unpaired) electrons. The average molecular weight is 229 g/mol. The zero-order valence-corrected chi connectivity index (χ0v) is 10.8. The van der Waals surface area contributed by atoms with Crippen molar-refractivity contribution in [1.29, 1.82) is 0 Å². The van der Waals surface area contributed by atoms with Crippen molar-refractivity contribution in [1.82, 2.24) is 15.5 Å². The Morgan fingerprint density at radius 1 is 1.25 bits per heavy atom. The molecule has 0 aliphatic carbocycles. The Morgan fingerprint density at radius 3 is 2.88 bits per heavy atom. The first kappa shape index (κ1) is 13.9. The van der Waals surface area contributed by atoms with Crippen molar-refractivity contribution >= 4 is 0 Å². The van der Waals surface area contributed by atoms with Crippen LogP contribution < -0.4 is 10.6 Å². The number of hydrogen-bond acceptors (Lipinski definition) is 4. The molecule has 0 spiro atoms. The number of morpholine rings is 1. The number of hydrogen-bond donors (Lipinski definition) is 2. The van der Waals surface area contributed by atoms with Crippen LogP contribution in [0.4, 0.5) is 0 Å². The first-order valence-corrected chi connectivity index (χ1v) is 6.62. The lowest BCUT2D eigenvalue weighted by Gasteiger charge is -2.33. The van der Waals surface area contributed by atoms with E-state index < -0.39 is 0 Å². The first-order valence-electron chi connectivity index (χ1n) is 6.62. The molecular weight excluding hydrogens is 202 g/mol. The van der Waals surface area contributed by atoms with Crippen LogP contribution in [0.3, 0.4) is 0 Å². The average Bonchev–Trinajstić information content (AvgIpc) is 2.33. The second kappa shape index (κ2) is 8.93. The van der Waals surface area contributed by atoms with Gasteiger partial charge in [-0.3, -0.25) is 4.90 Å². The third kappa shape index (κ3) is 5.80. The predicted octanol–water partition coefficient (Wildman–Crippen LogP) is 0.296. The predicted molar refractivity (Wildman–Crippen MR) is 67.9 cm³/mol. The molecule has 0 amide bonds. The molecular formula is C12H27N3O. The maximum atomic E-state index is 5.71. The van der Waals surface area contributed by atoms with Crippen LogP contribution in [0.2, 0.25) is 0 Å². The van der Waals surface area contributed by atoms with E-state index in [1.54, 1.807) is 0 Å². The van der Waals surface area contributed by atoms with Crippen molar-refractivity contribution in [2.24, 2.45) is 0 Å². The standard InChI is InChI=1S/C12H27N3O/c1-3-5-14-6-7-15-8-9-16-12(11-15)10-13-4-2/h12-14H,3-11H2,1-2H3/t12-/m1/s1. The monoisotopic (exact) mass is 229 g/mol. The van der Waals surface area contributed by atoms with Crippen molar-refractivity contribution in [2.75, 3.05) is 52.4 Å². The van der Waals surface area contributed by atoms with Crippen LogP contribution in [0, 0.1) is 0 Å². The van der Waals surface area contributed by atoms with Crippen molar-refractivity contribution < 1.29 is 4.74 Å². The quantitative estimate of drug-likeness (QED) is 0.587. The van der Waals surface area contributed by atoms with Crippen LogP contribution in [0.15, 0.2) is 0 Å². The van der Waals surface area contributed by atoms with E-state index in [4.69, 9.17) is 4.74 Å². The van der Waals surface area contributed by atoms with Crippen molar-refractivity contribution in [3.63, 3.8) is 0 Å². The summed E-state index contributed by atoms with van der Waals surface area (Å²) in [6, 6.07) is 0. The summed E-state index contributed by atoms with van der Waals surface area (Å²) in [6.07, 6.45) is 1.59. The number of nitrogens with one attached hydrogen (secondary N) is 2. The summed E-state index contributed by atoms with van der Waals surface area (Å²) in [5, 5.41) is 6.79. The topological polar surface area (TPSA) is 36.5 Å². The molecule has 4 heteroatoms. The number of likely N-dealkylation sites (N-methyl/N-ethyl adjacent to an activating group) is 1. The summed E-state index contributed by atoms with van der Waals surface area (Å²) >= 11 is 0. The van der Waals surface area contributed by atoms with E-state index in [0.29, 0.717) is 6.10 Å². The molecule has 1 fully saturated rings. The molecule has 1 aliphatic heterocycles. The highest BCUT2D eigenvalue weighted by Crippen LogP contribution is 2.03. The van der Waals surface area contributed by atoms with Gasteiger partial charge in [0.15, 0.2) is 0 Å². The molecule has 0 aromatic carbocycles. The van der Waals surface area contributed by atoms with Gasteiger partial charge in [-0.2, -0.15) is 0 Å². The van der Waals surface area contributed by atoms with Gasteiger partial charge in [-0.1, -0.05) is 13.8 Å². The van der Waals surface area contributed by atoms with Gasteiger partial charge in [0.25, 0.3) is 0 Å². The minimum Gasteiger partial charge on any atom is -0.374 e. The van der Waals surface area contributed by atoms with Gasteiger partial charge in [-0.25, -0.2) is 0 Å². The second-order valence-electron chi connectivity index (χ2n) is 4.35. The Labute approximate surface area is 99.7 Å². The first-order chi connectivity index (χ1) is 7.86. The van der Waals surface area contributed by atoms with Crippen LogP contribution in [0.5, 0.6) is 0 Å². The van der Waals surface area contributed by atoms with E-state index in [9.17, 15) is 0 Å². The largest absolute Gasteiger partial charge is 0.374 e. The van der Waals surface area contributed by atoms with E-state index in [-0.39, 0.29) is 0 Å². The molecule has 2 N–H and O–H groups in total. The lowest BCUT2D eigenvalue weighted by atomic mass is 10.2. The molecule has 1 heterocycles. The van der Waals surface area contributed by atoms with E-state index in [0.717, 1.165) is 52.4 Å². The number of nitrogens with zero attached hydrogens (tertiary/aromatic N) is 1. The maximum Gasteiger partial charge on any atom is 0.0826 e. The Hall–Kier alpha value is -0.160. The highest BCUT2D eigenvalue weighted by Gasteiger charge is 2.19. The molecule has 0 bridgehead atoms. The molecule has 1 atom stereocenters. The highest BCUT2D eigenvalue weighted by molar-refractivity contribution is 4.73. The smallest absolute Gasteiger partial charge is 0.0826 e. The Morgan fingerprint density at radius 2 is 2.12 bits per heavy atom. The van der Waals surface area contributed by atoms with Crippen LogP contribution in [-0.4, -0.2) is 63.4 Å². The normalized spacial score (nSPS) is 22.5. The van der Waals surface area contributed by atoms with Gasteiger partial charge >= 0.3 is 0 Å². The van der Waals surface area contributed by atoms with Crippen LogP contribution >= 0.6 is 0 Å². The fourth-order valence-electron chi connectivity index (χ4n) is 1.95. The van der Waals surface area contributed by atoms with Gasteiger partial charge in [-0.15, -0.1) is 0 Å². The molecule has 1 aliphatic rings. The van der Waals surface area contributed by atoms with Gasteiger partial charge in [0, 0.05) is 32.7 Å². The SMILES string of the molecule is CCCNCCN1CCO[C@H](CNCC)C1. The fraction of sp³-hybridized carbons (Fsp3) is 1.00. The number of ether oxygens (including phenoxy) is 1. The summed E-state index contributed by atoms with van der Waals surface area (Å²) in [7, 11) is 0. The summed E-state index contributed by atoms with van der Waals surface area (Å²) in [5.41, 5.74) is 0. The fourth-order valence-corrected chi connectivity index (χ4v) is 1.95. The van der Waals surface area contributed by atoms with Crippen molar-refractivity contribution in [3.05, 3.63) is 0 Å². The minimum atomic E-state index is 0.375. The Kier molecular flexibility index (Phi) is 7.76. The molecule has 4 nitrogen and oxygen atoms in total. The van der Waals surface area contributed by atoms with Crippen molar-refractivity contribution in [2.45, 2.75) is 26.4 Å². The molecule has 96 valence electrons. The highest BCUT2D eigenvalue weighted by atomic mass is 16.5. The molecule has 1 rings (SSSR count). The number of rotatable bonds is 8. The van der Waals surface area contributed by atoms with Gasteiger partial charge in [-0.05, 0) is 19.5 Å². The van der Waals surface area contributed by atoms with Crippen LogP contribution in [-0.2, 0) is 4.74 Å². The molecule has 16 heavy (non-hydrogen) atoms. The lowest BCUT2D eigenvalue weighted by molar-refractivity contribution is -0.0262. The van der Waals surface area contributed by atoms with Crippen LogP contribution in [0.1, 0.15) is 20.3 Å². The summed E-state index contributed by atoms with van der Waals surface area (Å²) in [5.74, 6) is 0. The zero-order valence-electron chi connectivity index (χ0n) is 10.8. The van der Waals surface area contributed by atoms with E-state index in [1.165, 1.54) is 6.42 Å². The van der Waals surface area contributed by atoms with E-state index >= 15 is 0 Å². The third-order valence-electron chi connectivity index (χ3n) is 2.88. The van der Waals surface area contributed by atoms with Gasteiger partial charge in [0.05, 0.1) is 12.7 Å². The molecule has 0 unspecified atom stereocenters. The van der Waals surface area contributed by atoms with E-state index in [2.05, 4.69) is 29.4 Å². The van der Waals surface area contributed by atoms with Crippen LogP contribution in [0.25, 0.3) is 0 Å². The Balaban J connectivity index is 2.07. The van der Waals surface area contributed by atoms with Gasteiger partial charge in [0.1, 0.15) is 0 Å². The van der Waals surface area contributed by atoms with Gasteiger partial charge in [0.2, 0.25) is 0 Å². The Bertz CT molecular complexity index is 166. The third-order valence-corrected chi connectivity index (χ3v) is 2.88. The van der Waals surface area contributed by atoms with E-state index in [1.807, 2.05) is 0 Å². The minimum absolute atomic E-state index is 0.375. The summed E-state index contributed by atoms with van der Waals surface area (Å²) in [6.45, 7) is 12.7. The summed E-state index contributed by atoms with van der Waals surface area (Å²) < 4.78 is 5.71. The summed E-state index contributed by atoms with van der Waals surface area (Å²) in [4.78, 5) is 2.49. The van der Waals surface area contributed by atoms with Gasteiger partial charge < -0.3 is 15.4 Å². The lowest BCUT2D eigenvalue weighted by Crippen LogP contribution is -2.48.